The predicted octanol–water partition coefficient (Wildman–Crippen LogP) is 3.04. The van der Waals surface area contributed by atoms with E-state index in [0.29, 0.717) is 43.3 Å². The van der Waals surface area contributed by atoms with Gasteiger partial charge in [-0.05, 0) is 45.8 Å². The van der Waals surface area contributed by atoms with Crippen molar-refractivity contribution in [3.05, 3.63) is 82.3 Å². The number of hydrogen-bond donors (Lipinski definition) is 0. The van der Waals surface area contributed by atoms with E-state index in [2.05, 4.69) is 35.9 Å². The molecule has 0 N–H and O–H groups in total. The smallest absolute Gasteiger partial charge is 0.316 e. The van der Waals surface area contributed by atoms with Crippen LogP contribution in [-0.2, 0) is 9.84 Å². The number of halogens is 1. The Balaban J connectivity index is 1.30. The molecule has 11 nitrogen and oxygen atoms in total. The van der Waals surface area contributed by atoms with Gasteiger partial charge in [0, 0.05) is 62.1 Å². The van der Waals surface area contributed by atoms with Crippen LogP contribution >= 0.6 is 15.9 Å². The van der Waals surface area contributed by atoms with E-state index in [1.54, 1.807) is 23.4 Å². The third-order valence-corrected chi connectivity index (χ3v) is 9.13. The van der Waals surface area contributed by atoms with Crippen molar-refractivity contribution in [2.45, 2.75) is 9.79 Å². The molecule has 0 saturated carbocycles. The molecule has 2 aliphatic rings. The number of fused-ring (bicyclic) bond motifs is 2. The monoisotopic (exact) mass is 620 g/mol. The van der Waals surface area contributed by atoms with E-state index in [-0.39, 0.29) is 32.5 Å². The Bertz CT molecular complexity index is 1760. The van der Waals surface area contributed by atoms with E-state index in [9.17, 15) is 18.0 Å². The number of sulfone groups is 1. The lowest BCUT2D eigenvalue weighted by molar-refractivity contribution is 0.0741. The first-order chi connectivity index (χ1) is 19.3. The van der Waals surface area contributed by atoms with Crippen LogP contribution in [0.5, 0.6) is 6.01 Å². The van der Waals surface area contributed by atoms with Crippen LogP contribution in [0.15, 0.2) is 75.4 Å². The van der Waals surface area contributed by atoms with Crippen LogP contribution in [0.4, 0.5) is 5.95 Å². The number of rotatable bonds is 4. The van der Waals surface area contributed by atoms with Crippen LogP contribution in [0.2, 0.25) is 0 Å². The maximum Gasteiger partial charge on any atom is 0.316 e. The van der Waals surface area contributed by atoms with Gasteiger partial charge in [-0.1, -0.05) is 12.1 Å². The minimum Gasteiger partial charge on any atom is -0.467 e. The number of nitrogens with zero attached hydrogens (tertiary/aromatic N) is 6. The van der Waals surface area contributed by atoms with E-state index in [4.69, 9.17) is 4.74 Å². The number of amides is 1. The van der Waals surface area contributed by atoms with Gasteiger partial charge in [0.25, 0.3) is 5.91 Å². The lowest BCUT2D eigenvalue weighted by atomic mass is 9.95. The van der Waals surface area contributed by atoms with Gasteiger partial charge in [-0.15, -0.1) is 0 Å². The summed E-state index contributed by atoms with van der Waals surface area (Å²) in [5.74, 6) is -0.346. The number of benzene rings is 2. The van der Waals surface area contributed by atoms with Crippen molar-refractivity contribution in [1.82, 2.24) is 24.8 Å². The molecule has 202 valence electrons. The molecule has 0 radical (unpaired) electrons. The Morgan fingerprint density at radius 2 is 1.60 bits per heavy atom. The van der Waals surface area contributed by atoms with Gasteiger partial charge in [-0.25, -0.2) is 28.4 Å². The van der Waals surface area contributed by atoms with Crippen molar-refractivity contribution in [3.8, 4) is 17.1 Å². The van der Waals surface area contributed by atoms with Crippen LogP contribution in [0.1, 0.15) is 26.3 Å². The van der Waals surface area contributed by atoms with Gasteiger partial charge in [0.15, 0.2) is 5.78 Å². The second-order valence-electron chi connectivity index (χ2n) is 9.16. The van der Waals surface area contributed by atoms with E-state index in [1.165, 1.54) is 49.8 Å². The standard InChI is InChI=1S/C27H21BrN6O5S/c1-39-27-31-12-17(13-32-27)16-5-6-19-22(11-16)40(37,38)21-4-2-3-20(23(21)24(19)35)25(36)33-7-9-34(10-8-33)26-29-14-18(28)15-30-26/h2-6,11-15H,7-10H2,1H3. The summed E-state index contributed by atoms with van der Waals surface area (Å²) < 4.78 is 33.2. The Labute approximate surface area is 237 Å². The summed E-state index contributed by atoms with van der Waals surface area (Å²) in [4.78, 5) is 47.4. The van der Waals surface area contributed by atoms with Crippen molar-refractivity contribution in [3.63, 3.8) is 0 Å². The fraction of sp³-hybridized carbons (Fsp3) is 0.185. The average Bonchev–Trinajstić information content (AvgIpc) is 2.99. The number of anilines is 1. The highest BCUT2D eigenvalue weighted by molar-refractivity contribution is 9.10. The molecular weight excluding hydrogens is 600 g/mol. The largest absolute Gasteiger partial charge is 0.467 e. The van der Waals surface area contributed by atoms with Crippen LogP contribution < -0.4 is 9.64 Å². The number of hydrogen-bond acceptors (Lipinski definition) is 10. The molecule has 2 aliphatic heterocycles. The lowest BCUT2D eigenvalue weighted by Crippen LogP contribution is -2.49. The molecule has 1 saturated heterocycles. The summed E-state index contributed by atoms with van der Waals surface area (Å²) in [6.45, 7) is 1.73. The summed E-state index contributed by atoms with van der Waals surface area (Å²) in [6.07, 6.45) is 6.35. The van der Waals surface area contributed by atoms with Gasteiger partial charge in [-0.2, -0.15) is 0 Å². The fourth-order valence-electron chi connectivity index (χ4n) is 4.85. The summed E-state index contributed by atoms with van der Waals surface area (Å²) in [6, 6.07) is 9.09. The molecule has 1 amide bonds. The normalized spacial score (nSPS) is 15.8. The Morgan fingerprint density at radius 1 is 0.900 bits per heavy atom. The van der Waals surface area contributed by atoms with Crippen LogP contribution in [0.3, 0.4) is 0 Å². The molecule has 13 heteroatoms. The molecule has 40 heavy (non-hydrogen) atoms. The maximum atomic E-state index is 13.7. The molecule has 2 aromatic carbocycles. The van der Waals surface area contributed by atoms with Crippen molar-refractivity contribution in [1.29, 1.82) is 0 Å². The Kier molecular flexibility index (Phi) is 6.55. The van der Waals surface area contributed by atoms with Gasteiger partial charge < -0.3 is 14.5 Å². The van der Waals surface area contributed by atoms with Gasteiger partial charge >= 0.3 is 6.01 Å². The molecular formula is C27H21BrN6O5S. The highest BCUT2D eigenvalue weighted by atomic mass is 79.9. The number of piperazine rings is 1. The molecule has 0 atom stereocenters. The highest BCUT2D eigenvalue weighted by Crippen LogP contribution is 2.38. The van der Waals surface area contributed by atoms with Gasteiger partial charge in [-0.3, -0.25) is 9.59 Å². The average molecular weight is 621 g/mol. The zero-order valence-corrected chi connectivity index (χ0v) is 23.5. The van der Waals surface area contributed by atoms with E-state index in [0.717, 1.165) is 4.47 Å². The Morgan fingerprint density at radius 3 is 2.27 bits per heavy atom. The van der Waals surface area contributed by atoms with E-state index < -0.39 is 21.5 Å². The van der Waals surface area contributed by atoms with Crippen LogP contribution in [0.25, 0.3) is 11.1 Å². The number of carbonyl (C=O) groups is 2. The number of aromatic nitrogens is 4. The number of ketones is 1. The molecule has 4 aromatic rings. The molecule has 0 bridgehead atoms. The first kappa shape index (κ1) is 26.0. The predicted molar refractivity (Wildman–Crippen MR) is 147 cm³/mol. The third-order valence-electron chi connectivity index (χ3n) is 6.89. The van der Waals surface area contributed by atoms with Gasteiger partial charge in [0.05, 0.1) is 32.5 Å². The maximum absolute atomic E-state index is 13.7. The molecule has 2 aromatic heterocycles. The zero-order valence-electron chi connectivity index (χ0n) is 21.1. The fourth-order valence-corrected chi connectivity index (χ4v) is 6.75. The second-order valence-corrected chi connectivity index (χ2v) is 12.0. The quantitative estimate of drug-likeness (QED) is 0.295. The van der Waals surface area contributed by atoms with Crippen molar-refractivity contribution in [2.24, 2.45) is 0 Å². The molecule has 6 rings (SSSR count). The number of ether oxygens (including phenoxy) is 1. The molecule has 0 aliphatic carbocycles. The van der Waals surface area contributed by atoms with Crippen LogP contribution in [-0.4, -0.2) is 78.2 Å². The minimum atomic E-state index is -4.10. The third kappa shape index (κ3) is 4.40. The molecule has 1 fully saturated rings. The summed E-state index contributed by atoms with van der Waals surface area (Å²) in [7, 11) is -2.65. The molecule has 0 unspecified atom stereocenters. The Hall–Kier alpha value is -4.23. The van der Waals surface area contributed by atoms with Gasteiger partial charge in [0.1, 0.15) is 0 Å². The molecule has 4 heterocycles. The lowest BCUT2D eigenvalue weighted by Gasteiger charge is -2.35. The van der Waals surface area contributed by atoms with Crippen molar-refractivity contribution < 1.29 is 22.7 Å². The summed E-state index contributed by atoms with van der Waals surface area (Å²) >= 11 is 3.32. The van der Waals surface area contributed by atoms with Crippen LogP contribution in [0, 0.1) is 0 Å². The molecule has 0 spiro atoms. The van der Waals surface area contributed by atoms with Gasteiger partial charge in [0.2, 0.25) is 15.8 Å². The van der Waals surface area contributed by atoms with Crippen molar-refractivity contribution >= 4 is 43.4 Å². The topological polar surface area (TPSA) is 136 Å². The first-order valence-corrected chi connectivity index (χ1v) is 14.5. The second kappa shape index (κ2) is 10.1. The first-order valence-electron chi connectivity index (χ1n) is 12.2. The van der Waals surface area contributed by atoms with Crippen molar-refractivity contribution in [2.75, 3.05) is 38.2 Å². The summed E-state index contributed by atoms with van der Waals surface area (Å²) in [5, 5.41) is 0. The number of carbonyl (C=O) groups excluding carboxylic acids is 2. The summed E-state index contributed by atoms with van der Waals surface area (Å²) in [5.41, 5.74) is 1.08. The highest BCUT2D eigenvalue weighted by Gasteiger charge is 2.38. The number of methoxy groups -OCH3 is 1. The SMILES string of the molecule is COc1ncc(-c2ccc3c(c2)S(=O)(=O)c2cccc(C(=O)N4CCN(c5ncc(Br)cn5)CC4)c2C3=O)cn1. The van der Waals surface area contributed by atoms with E-state index >= 15 is 0 Å². The van der Waals surface area contributed by atoms with E-state index in [1.807, 2.05) is 4.90 Å². The zero-order chi connectivity index (χ0) is 28.0. The minimum absolute atomic E-state index is 0.0168.